The van der Waals surface area contributed by atoms with Gasteiger partial charge in [0.15, 0.2) is 0 Å². The highest BCUT2D eigenvalue weighted by atomic mass is 32.2. The van der Waals surface area contributed by atoms with Crippen molar-refractivity contribution in [1.82, 2.24) is 10.0 Å². The average molecular weight is 393 g/mol. The molecule has 0 aromatic heterocycles. The number of benzene rings is 2. The maximum atomic E-state index is 12.4. The fourth-order valence-electron chi connectivity index (χ4n) is 2.42. The summed E-state index contributed by atoms with van der Waals surface area (Å²) >= 11 is 1.67. The Bertz CT molecular complexity index is 845. The van der Waals surface area contributed by atoms with Gasteiger partial charge in [0.05, 0.1) is 10.9 Å². The number of hydrogen-bond donors (Lipinski definition) is 2. The van der Waals surface area contributed by atoms with Crippen LogP contribution < -0.4 is 10.0 Å². The van der Waals surface area contributed by atoms with E-state index in [9.17, 15) is 13.2 Å². The van der Waals surface area contributed by atoms with Crippen molar-refractivity contribution in [1.29, 1.82) is 0 Å². The predicted octanol–water partition coefficient (Wildman–Crippen LogP) is 3.59. The second kappa shape index (κ2) is 8.70. The number of nitrogens with one attached hydrogen (secondary N) is 2. The lowest BCUT2D eigenvalue weighted by Crippen LogP contribution is -2.30. The zero-order valence-electron chi connectivity index (χ0n) is 15.3. The Morgan fingerprint density at radius 3 is 2.04 bits per heavy atom. The van der Waals surface area contributed by atoms with Gasteiger partial charge in [0.2, 0.25) is 10.0 Å². The van der Waals surface area contributed by atoms with E-state index >= 15 is 0 Å². The lowest BCUT2D eigenvalue weighted by Gasteiger charge is -2.15. The summed E-state index contributed by atoms with van der Waals surface area (Å²) in [6, 6.07) is 13.6. The molecule has 2 rings (SSSR count). The minimum atomic E-state index is -3.56. The van der Waals surface area contributed by atoms with Gasteiger partial charge in [0.25, 0.3) is 5.91 Å². The first-order valence-electron chi connectivity index (χ1n) is 8.30. The highest BCUT2D eigenvalue weighted by Gasteiger charge is 2.17. The van der Waals surface area contributed by atoms with Gasteiger partial charge in [-0.25, -0.2) is 13.1 Å². The summed E-state index contributed by atoms with van der Waals surface area (Å²) in [7, 11) is -3.56. The van der Waals surface area contributed by atoms with E-state index in [1.807, 2.05) is 37.4 Å². The van der Waals surface area contributed by atoms with Gasteiger partial charge in [-0.1, -0.05) is 12.1 Å². The van der Waals surface area contributed by atoms with Crippen molar-refractivity contribution in [2.75, 3.05) is 6.26 Å². The summed E-state index contributed by atoms with van der Waals surface area (Å²) in [5, 5.41) is 2.93. The van der Waals surface area contributed by atoms with Gasteiger partial charge in [-0.3, -0.25) is 4.79 Å². The van der Waals surface area contributed by atoms with Gasteiger partial charge in [0.1, 0.15) is 0 Å². The third-order valence-electron chi connectivity index (χ3n) is 3.78. The van der Waals surface area contributed by atoms with Crippen LogP contribution in [0.25, 0.3) is 0 Å². The number of hydrogen-bond acceptors (Lipinski definition) is 4. The molecule has 0 fully saturated rings. The van der Waals surface area contributed by atoms with Crippen molar-refractivity contribution in [3.8, 4) is 0 Å². The average Bonchev–Trinajstić information content (AvgIpc) is 2.60. The van der Waals surface area contributed by atoms with Crippen LogP contribution in [0.4, 0.5) is 0 Å². The summed E-state index contributed by atoms with van der Waals surface area (Å²) in [6.07, 6.45) is 2.01. The number of carbonyl (C=O) groups is 1. The molecule has 5 nitrogen and oxygen atoms in total. The molecule has 2 aromatic carbocycles. The molecule has 0 heterocycles. The van der Waals surface area contributed by atoms with Gasteiger partial charge in [-0.2, -0.15) is 0 Å². The zero-order chi connectivity index (χ0) is 19.3. The minimum Gasteiger partial charge on any atom is -0.346 e. The highest BCUT2D eigenvalue weighted by molar-refractivity contribution is 7.98. The summed E-state index contributed by atoms with van der Waals surface area (Å²) in [5.74, 6) is -0.243. The maximum absolute atomic E-state index is 12.4. The first-order valence-corrected chi connectivity index (χ1v) is 11.0. The standard InChI is InChI=1S/C19H24N2O3S2/c1-13(2)21-26(23,24)18-11-7-16(8-12-18)19(22)20-14(3)15-5-9-17(25-4)10-6-15/h5-14,21H,1-4H3,(H,20,22). The molecular formula is C19H24N2O3S2. The number of thioether (sulfide) groups is 1. The van der Waals surface area contributed by atoms with Crippen LogP contribution in [0.5, 0.6) is 0 Å². The number of rotatable bonds is 7. The van der Waals surface area contributed by atoms with Crippen molar-refractivity contribution in [2.24, 2.45) is 0 Å². The molecule has 0 aliphatic carbocycles. The quantitative estimate of drug-likeness (QED) is 0.706. The molecule has 7 heteroatoms. The fourth-order valence-corrected chi connectivity index (χ4v) is 4.08. The lowest BCUT2D eigenvalue weighted by molar-refractivity contribution is 0.0939. The van der Waals surface area contributed by atoms with E-state index in [4.69, 9.17) is 0 Å². The van der Waals surface area contributed by atoms with E-state index in [2.05, 4.69) is 10.0 Å². The Kier molecular flexibility index (Phi) is 6.86. The number of amides is 1. The van der Waals surface area contributed by atoms with E-state index in [-0.39, 0.29) is 22.9 Å². The van der Waals surface area contributed by atoms with Gasteiger partial charge in [0, 0.05) is 16.5 Å². The fraction of sp³-hybridized carbons (Fsp3) is 0.316. The summed E-state index contributed by atoms with van der Waals surface area (Å²) in [4.78, 5) is 13.7. The molecule has 1 atom stereocenters. The maximum Gasteiger partial charge on any atom is 0.251 e. The normalized spacial score (nSPS) is 12.8. The van der Waals surface area contributed by atoms with Crippen LogP contribution in [0.1, 0.15) is 42.7 Å². The lowest BCUT2D eigenvalue weighted by atomic mass is 10.1. The Labute approximate surface area is 159 Å². The van der Waals surface area contributed by atoms with Crippen molar-refractivity contribution in [3.63, 3.8) is 0 Å². The largest absolute Gasteiger partial charge is 0.346 e. The Morgan fingerprint density at radius 2 is 1.54 bits per heavy atom. The van der Waals surface area contributed by atoms with Gasteiger partial charge in [-0.15, -0.1) is 11.8 Å². The van der Waals surface area contributed by atoms with Crippen LogP contribution in [-0.4, -0.2) is 26.6 Å². The zero-order valence-corrected chi connectivity index (χ0v) is 16.9. The SMILES string of the molecule is CSc1ccc(C(C)NC(=O)c2ccc(S(=O)(=O)NC(C)C)cc2)cc1. The number of carbonyl (C=O) groups excluding carboxylic acids is 1. The molecule has 0 aliphatic rings. The molecule has 2 N–H and O–H groups in total. The van der Waals surface area contributed by atoms with Crippen molar-refractivity contribution >= 4 is 27.7 Å². The van der Waals surface area contributed by atoms with Crippen LogP contribution in [0.2, 0.25) is 0 Å². The van der Waals surface area contributed by atoms with Crippen LogP contribution >= 0.6 is 11.8 Å². The molecule has 1 amide bonds. The molecule has 1 unspecified atom stereocenters. The van der Waals surface area contributed by atoms with E-state index in [0.29, 0.717) is 5.56 Å². The molecule has 0 spiro atoms. The van der Waals surface area contributed by atoms with Crippen LogP contribution in [0, 0.1) is 0 Å². The van der Waals surface area contributed by atoms with Crippen molar-refractivity contribution in [3.05, 3.63) is 59.7 Å². The molecule has 26 heavy (non-hydrogen) atoms. The highest BCUT2D eigenvalue weighted by Crippen LogP contribution is 2.19. The van der Waals surface area contributed by atoms with E-state index in [1.165, 1.54) is 29.2 Å². The summed E-state index contributed by atoms with van der Waals surface area (Å²) in [6.45, 7) is 5.43. The predicted molar refractivity (Wildman–Crippen MR) is 106 cm³/mol. The molecule has 0 aliphatic heterocycles. The molecule has 0 saturated heterocycles. The second-order valence-corrected chi connectivity index (χ2v) is 8.86. The molecule has 2 aromatic rings. The van der Waals surface area contributed by atoms with E-state index in [0.717, 1.165) is 5.56 Å². The molecular weight excluding hydrogens is 368 g/mol. The van der Waals surface area contributed by atoms with E-state index < -0.39 is 10.0 Å². The third-order valence-corrected chi connectivity index (χ3v) is 6.20. The topological polar surface area (TPSA) is 75.3 Å². The molecule has 0 radical (unpaired) electrons. The Balaban J connectivity index is 2.07. The molecule has 0 bridgehead atoms. The third kappa shape index (κ3) is 5.33. The first kappa shape index (κ1) is 20.5. The second-order valence-electron chi connectivity index (χ2n) is 6.27. The Morgan fingerprint density at radius 1 is 0.962 bits per heavy atom. The van der Waals surface area contributed by atoms with Crippen LogP contribution in [-0.2, 0) is 10.0 Å². The minimum absolute atomic E-state index is 0.142. The monoisotopic (exact) mass is 392 g/mol. The smallest absolute Gasteiger partial charge is 0.251 e. The van der Waals surface area contributed by atoms with Crippen molar-refractivity contribution in [2.45, 2.75) is 42.6 Å². The summed E-state index contributed by atoms with van der Waals surface area (Å²) < 4.78 is 26.8. The number of sulfonamides is 1. The first-order chi connectivity index (χ1) is 12.2. The molecule has 0 saturated carbocycles. The van der Waals surface area contributed by atoms with Crippen molar-refractivity contribution < 1.29 is 13.2 Å². The molecule has 140 valence electrons. The Hall–Kier alpha value is -1.83. The van der Waals surface area contributed by atoms with E-state index in [1.54, 1.807) is 25.6 Å². The summed E-state index contributed by atoms with van der Waals surface area (Å²) in [5.41, 5.74) is 1.43. The van der Waals surface area contributed by atoms with Gasteiger partial charge in [-0.05, 0) is 69.0 Å². The van der Waals surface area contributed by atoms with Crippen LogP contribution in [0.15, 0.2) is 58.3 Å². The van der Waals surface area contributed by atoms with Crippen LogP contribution in [0.3, 0.4) is 0 Å². The van der Waals surface area contributed by atoms with Gasteiger partial charge < -0.3 is 5.32 Å². The van der Waals surface area contributed by atoms with Gasteiger partial charge >= 0.3 is 0 Å².